The molecule has 1 fully saturated rings. The second kappa shape index (κ2) is 17.8. The summed E-state index contributed by atoms with van der Waals surface area (Å²) in [7, 11) is 5.56. The Morgan fingerprint density at radius 1 is 1.21 bits per heavy atom. The largest absolute Gasteiger partial charge is 0.464 e. The number of pyridine rings is 1. The molecule has 314 valence electrons. The molecule has 58 heavy (non-hydrogen) atoms. The quantitative estimate of drug-likeness (QED) is 0.174. The molecular formula is C43H59N7O7S. The number of hydrazine groups is 1. The van der Waals surface area contributed by atoms with Gasteiger partial charge in [0.1, 0.15) is 28.8 Å². The van der Waals surface area contributed by atoms with Crippen LogP contribution in [0.25, 0.3) is 33.4 Å². The van der Waals surface area contributed by atoms with E-state index in [1.807, 2.05) is 37.4 Å². The van der Waals surface area contributed by atoms with E-state index in [9.17, 15) is 14.4 Å². The Bertz CT molecular complexity index is 2110. The maximum absolute atomic E-state index is 14.6. The summed E-state index contributed by atoms with van der Waals surface area (Å²) < 4.78 is 26.4. The van der Waals surface area contributed by atoms with Crippen LogP contribution in [0.1, 0.15) is 89.8 Å². The molecule has 14 nitrogen and oxygen atoms in total. The molecule has 6 rings (SSSR count). The number of thiazole rings is 1. The van der Waals surface area contributed by atoms with Gasteiger partial charge in [-0.1, -0.05) is 19.9 Å². The lowest BCUT2D eigenvalue weighted by Gasteiger charge is -2.37. The number of cyclic esters (lactones) is 1. The van der Waals surface area contributed by atoms with Crippen LogP contribution in [0, 0.1) is 5.41 Å². The maximum Gasteiger partial charge on any atom is 0.408 e. The molecule has 1 aromatic carbocycles. The number of esters is 1. The Labute approximate surface area is 345 Å². The number of carbonyl (C=O) groups excluding carboxylic acids is 3. The van der Waals surface area contributed by atoms with E-state index in [4.69, 9.17) is 28.9 Å². The molecular weight excluding hydrogens is 759 g/mol. The summed E-state index contributed by atoms with van der Waals surface area (Å²) in [5.74, 6) is -0.929. The fourth-order valence-corrected chi connectivity index (χ4v) is 8.47. The third-order valence-electron chi connectivity index (χ3n) is 10.5. The first-order valence-corrected chi connectivity index (χ1v) is 21.0. The molecule has 2 aliphatic heterocycles. The van der Waals surface area contributed by atoms with Crippen molar-refractivity contribution >= 4 is 40.2 Å². The van der Waals surface area contributed by atoms with Gasteiger partial charge >= 0.3 is 12.1 Å². The molecule has 4 atom stereocenters. The predicted molar refractivity (Wildman–Crippen MR) is 224 cm³/mol. The Morgan fingerprint density at radius 2 is 1.98 bits per heavy atom. The normalized spacial score (nSPS) is 20.8. The SMILES string of the molecule is CCn1c(-c2cccnc2[C@H](C)OC)c2c3cc(ccc31)-c1csc(n1)[C@@H](OCCN(C)C)[C@H](NC(=O)OC(C)(C)C)C(=O)N1CCC[C@H](N1)C(=O)OCC(C)(C)C2. The highest BCUT2D eigenvalue weighted by atomic mass is 32.1. The maximum atomic E-state index is 14.6. The van der Waals surface area contributed by atoms with E-state index >= 15 is 0 Å². The van der Waals surface area contributed by atoms with Crippen LogP contribution in [-0.2, 0) is 41.5 Å². The molecule has 5 heterocycles. The van der Waals surface area contributed by atoms with Crippen molar-refractivity contribution in [2.24, 2.45) is 5.41 Å². The summed E-state index contributed by atoms with van der Waals surface area (Å²) in [5, 5.41) is 7.75. The van der Waals surface area contributed by atoms with Gasteiger partial charge in [0.25, 0.3) is 5.91 Å². The van der Waals surface area contributed by atoms with E-state index < -0.39 is 47.2 Å². The number of aryl methyl sites for hydroxylation is 1. The average molecular weight is 818 g/mol. The van der Waals surface area contributed by atoms with E-state index in [2.05, 4.69) is 60.3 Å². The number of alkyl carbamates (subject to hydrolysis) is 1. The molecule has 15 heteroatoms. The van der Waals surface area contributed by atoms with E-state index in [0.29, 0.717) is 49.6 Å². The number of nitrogens with one attached hydrogen (secondary N) is 2. The number of amides is 2. The Hall–Kier alpha value is -4.41. The fourth-order valence-electron chi connectivity index (χ4n) is 7.56. The van der Waals surface area contributed by atoms with Crippen molar-refractivity contribution < 1.29 is 33.3 Å². The van der Waals surface area contributed by atoms with Gasteiger partial charge in [0.15, 0.2) is 0 Å². The van der Waals surface area contributed by atoms with Gasteiger partial charge in [-0.05, 0) is 97.8 Å². The lowest BCUT2D eigenvalue weighted by molar-refractivity contribution is -0.156. The third-order valence-corrected chi connectivity index (χ3v) is 11.4. The number of benzene rings is 1. The number of carbonyl (C=O) groups is 3. The molecule has 2 amide bonds. The van der Waals surface area contributed by atoms with Gasteiger partial charge in [-0.15, -0.1) is 11.3 Å². The molecule has 2 N–H and O–H groups in total. The Kier molecular flexibility index (Phi) is 13.3. The molecule has 0 unspecified atom stereocenters. The zero-order valence-electron chi connectivity index (χ0n) is 35.5. The lowest BCUT2D eigenvalue weighted by Crippen LogP contribution is -2.61. The van der Waals surface area contributed by atoms with E-state index in [-0.39, 0.29) is 19.3 Å². The highest BCUT2D eigenvalue weighted by Crippen LogP contribution is 2.42. The number of rotatable bonds is 9. The Morgan fingerprint density at radius 3 is 2.69 bits per heavy atom. The fraction of sp³-hybridized carbons (Fsp3) is 0.558. The van der Waals surface area contributed by atoms with Crippen LogP contribution in [0.5, 0.6) is 0 Å². The van der Waals surface area contributed by atoms with Gasteiger partial charge in [-0.2, -0.15) is 0 Å². The van der Waals surface area contributed by atoms with Crippen LogP contribution in [0.15, 0.2) is 41.9 Å². The van der Waals surface area contributed by atoms with E-state index in [0.717, 1.165) is 39.0 Å². The van der Waals surface area contributed by atoms with Crippen LogP contribution >= 0.6 is 11.3 Å². The van der Waals surface area contributed by atoms with Crippen molar-refractivity contribution in [3.05, 3.63) is 58.2 Å². The van der Waals surface area contributed by atoms with Crippen molar-refractivity contribution in [2.45, 2.75) is 104 Å². The highest BCUT2D eigenvalue weighted by molar-refractivity contribution is 7.10. The number of ether oxygens (including phenoxy) is 4. The number of methoxy groups -OCH3 is 1. The van der Waals surface area contributed by atoms with Crippen LogP contribution in [0.3, 0.4) is 0 Å². The highest BCUT2D eigenvalue weighted by Gasteiger charge is 2.41. The summed E-state index contributed by atoms with van der Waals surface area (Å²) in [4.78, 5) is 53.7. The third kappa shape index (κ3) is 9.71. The minimum Gasteiger partial charge on any atom is -0.464 e. The molecule has 0 aliphatic carbocycles. The standard InChI is InChI=1S/C43H59N7O7S/c1-11-49-33-17-16-27-22-29(33)30(36(49)28-14-12-18-44-34(28)26(2)54-10)23-43(6,7)25-56-40(52)31-15-13-19-50(47-31)39(51)35(46-41(53)57-42(3,4)5)37(55-21-20-48(8)9)38-45-32(27)24-58-38/h12,14,16-18,22,24,26,31,35,37,47H,11,13,15,19-21,23,25H2,1-10H3,(H,46,53)/t26-,31-,35-,37-/m0/s1. The summed E-state index contributed by atoms with van der Waals surface area (Å²) in [6, 6.07) is 8.40. The van der Waals surface area contributed by atoms with Gasteiger partial charge < -0.3 is 33.7 Å². The topological polar surface area (TPSA) is 149 Å². The first-order valence-electron chi connectivity index (χ1n) is 20.1. The van der Waals surface area contributed by atoms with Gasteiger partial charge in [-0.25, -0.2) is 15.2 Å². The van der Waals surface area contributed by atoms with Gasteiger partial charge in [0.2, 0.25) is 0 Å². The first kappa shape index (κ1) is 43.2. The first-order chi connectivity index (χ1) is 27.5. The monoisotopic (exact) mass is 817 g/mol. The summed E-state index contributed by atoms with van der Waals surface area (Å²) in [5.41, 5.74) is 8.43. The number of aromatic nitrogens is 3. The Balaban J connectivity index is 1.55. The predicted octanol–water partition coefficient (Wildman–Crippen LogP) is 6.69. The minimum atomic E-state index is -1.24. The van der Waals surface area contributed by atoms with Crippen molar-refractivity contribution in [2.75, 3.05) is 47.5 Å². The number of hydrogen-bond acceptors (Lipinski definition) is 12. The molecule has 4 aromatic rings. The molecule has 1 saturated heterocycles. The van der Waals surface area contributed by atoms with Crippen molar-refractivity contribution in [3.8, 4) is 22.5 Å². The van der Waals surface area contributed by atoms with Crippen molar-refractivity contribution in [1.82, 2.24) is 35.2 Å². The van der Waals surface area contributed by atoms with Crippen LogP contribution in [0.2, 0.25) is 0 Å². The molecule has 2 aliphatic rings. The summed E-state index contributed by atoms with van der Waals surface area (Å²) in [6.07, 6.45) is 1.40. The average Bonchev–Trinajstić information content (AvgIpc) is 3.79. The molecule has 6 bridgehead atoms. The molecule has 3 aromatic heterocycles. The number of fused-ring (bicyclic) bond motifs is 6. The second-order valence-corrected chi connectivity index (χ2v) is 18.1. The van der Waals surface area contributed by atoms with Gasteiger partial charge in [0.05, 0.1) is 36.4 Å². The molecule has 0 saturated carbocycles. The van der Waals surface area contributed by atoms with Crippen LogP contribution < -0.4 is 10.7 Å². The van der Waals surface area contributed by atoms with Gasteiger partial charge in [-0.3, -0.25) is 19.6 Å². The van der Waals surface area contributed by atoms with E-state index in [1.165, 1.54) is 16.3 Å². The second-order valence-electron chi connectivity index (χ2n) is 17.2. The summed E-state index contributed by atoms with van der Waals surface area (Å²) >= 11 is 1.36. The molecule has 0 spiro atoms. The van der Waals surface area contributed by atoms with Crippen LogP contribution in [0.4, 0.5) is 4.79 Å². The number of hydrogen-bond donors (Lipinski definition) is 2. The smallest absolute Gasteiger partial charge is 0.408 e. The van der Waals surface area contributed by atoms with Crippen LogP contribution in [-0.4, -0.2) is 108 Å². The zero-order valence-corrected chi connectivity index (χ0v) is 36.3. The van der Waals surface area contributed by atoms with E-state index in [1.54, 1.807) is 34.1 Å². The minimum absolute atomic E-state index is 0.143. The molecule has 0 radical (unpaired) electrons. The number of nitrogens with zero attached hydrogens (tertiary/aromatic N) is 5. The lowest BCUT2D eigenvalue weighted by atomic mass is 9.84. The zero-order chi connectivity index (χ0) is 41.9. The summed E-state index contributed by atoms with van der Waals surface area (Å²) in [6.45, 7) is 15.6. The number of likely N-dealkylation sites (N-methyl/N-ethyl adjacent to an activating group) is 1. The van der Waals surface area contributed by atoms with Crippen molar-refractivity contribution in [1.29, 1.82) is 0 Å². The van der Waals surface area contributed by atoms with Crippen molar-refractivity contribution in [3.63, 3.8) is 0 Å². The van der Waals surface area contributed by atoms with Gasteiger partial charge in [0, 0.05) is 65.8 Å².